The number of benzene rings is 2. The van der Waals surface area contributed by atoms with E-state index in [-0.39, 0.29) is 11.5 Å². The highest BCUT2D eigenvalue weighted by atomic mass is 32.2. The van der Waals surface area contributed by atoms with E-state index < -0.39 is 28.2 Å². The lowest BCUT2D eigenvalue weighted by molar-refractivity contribution is -0.139. The van der Waals surface area contributed by atoms with Crippen LogP contribution < -0.4 is 4.72 Å². The molecule has 2 aromatic rings. The molecule has 0 radical (unpaired) electrons. The Morgan fingerprint density at radius 1 is 1.07 bits per heavy atom. The van der Waals surface area contributed by atoms with Gasteiger partial charge in [-0.15, -0.1) is 0 Å². The van der Waals surface area contributed by atoms with Crippen LogP contribution in [0.5, 0.6) is 0 Å². The van der Waals surface area contributed by atoms with Gasteiger partial charge in [-0.3, -0.25) is 0 Å². The first-order chi connectivity index (χ1) is 13.8. The fraction of sp³-hybridized carbons (Fsp3) is 0.238. The number of hydrogen-bond acceptors (Lipinski definition) is 6. The van der Waals surface area contributed by atoms with Crippen LogP contribution in [0, 0.1) is 6.92 Å². The van der Waals surface area contributed by atoms with Gasteiger partial charge in [0.1, 0.15) is 12.7 Å². The zero-order chi connectivity index (χ0) is 21.3. The van der Waals surface area contributed by atoms with E-state index >= 15 is 0 Å². The lowest BCUT2D eigenvalue weighted by Gasteiger charge is -2.13. The van der Waals surface area contributed by atoms with Crippen molar-refractivity contribution in [1.82, 2.24) is 4.72 Å². The van der Waals surface area contributed by atoms with Crippen LogP contribution in [0.1, 0.15) is 24.5 Å². The average molecular weight is 417 g/mol. The molecule has 0 spiro atoms. The summed E-state index contributed by atoms with van der Waals surface area (Å²) < 4.78 is 36.4. The molecule has 29 heavy (non-hydrogen) atoms. The number of nitrogens with one attached hydrogen (secondary N) is 1. The number of aryl methyl sites for hydroxylation is 1. The highest BCUT2D eigenvalue weighted by Crippen LogP contribution is 2.11. The summed E-state index contributed by atoms with van der Waals surface area (Å²) in [5.41, 5.74) is 1.74. The molecule has 0 aliphatic rings. The van der Waals surface area contributed by atoms with Crippen LogP contribution >= 0.6 is 0 Å². The second-order valence-corrected chi connectivity index (χ2v) is 7.91. The van der Waals surface area contributed by atoms with Crippen molar-refractivity contribution in [3.8, 4) is 0 Å². The monoisotopic (exact) mass is 417 g/mol. The Morgan fingerprint density at radius 2 is 1.72 bits per heavy atom. The van der Waals surface area contributed by atoms with Gasteiger partial charge in [-0.1, -0.05) is 55.0 Å². The molecule has 0 aliphatic heterocycles. The van der Waals surface area contributed by atoms with E-state index in [1.165, 1.54) is 18.2 Å². The highest BCUT2D eigenvalue weighted by Gasteiger charge is 2.20. The van der Waals surface area contributed by atoms with Crippen LogP contribution in [-0.4, -0.2) is 26.6 Å². The SMILES string of the molecule is CCC(/C=C/C(=O)OCc1ccccc1)OC(=O)NS(=O)(=O)c1ccc(C)cc1. The summed E-state index contributed by atoms with van der Waals surface area (Å²) in [6.45, 7) is 3.67. The Labute approximate surface area is 170 Å². The third-order valence-corrected chi connectivity index (χ3v) is 5.21. The second-order valence-electron chi connectivity index (χ2n) is 6.22. The molecule has 0 fully saturated rings. The molecule has 2 aromatic carbocycles. The van der Waals surface area contributed by atoms with E-state index in [9.17, 15) is 18.0 Å². The lowest BCUT2D eigenvalue weighted by atomic mass is 10.2. The maximum atomic E-state index is 12.2. The van der Waals surface area contributed by atoms with E-state index in [4.69, 9.17) is 9.47 Å². The van der Waals surface area contributed by atoms with Crippen molar-refractivity contribution in [1.29, 1.82) is 0 Å². The van der Waals surface area contributed by atoms with E-state index in [2.05, 4.69) is 0 Å². The first-order valence-corrected chi connectivity index (χ1v) is 10.5. The Balaban J connectivity index is 1.87. The molecular weight excluding hydrogens is 394 g/mol. The predicted molar refractivity (Wildman–Crippen MR) is 107 cm³/mol. The fourth-order valence-electron chi connectivity index (χ4n) is 2.27. The summed E-state index contributed by atoms with van der Waals surface area (Å²) in [7, 11) is -4.04. The van der Waals surface area contributed by atoms with Crippen LogP contribution in [0.3, 0.4) is 0 Å². The van der Waals surface area contributed by atoms with Gasteiger partial charge in [-0.2, -0.15) is 0 Å². The van der Waals surface area contributed by atoms with Gasteiger partial charge >= 0.3 is 12.1 Å². The number of rotatable bonds is 8. The van der Waals surface area contributed by atoms with E-state index in [1.54, 1.807) is 19.1 Å². The van der Waals surface area contributed by atoms with Crippen LogP contribution in [0.2, 0.25) is 0 Å². The van der Waals surface area contributed by atoms with Gasteiger partial charge in [0, 0.05) is 6.08 Å². The van der Waals surface area contributed by atoms with Crippen molar-refractivity contribution in [3.63, 3.8) is 0 Å². The Morgan fingerprint density at radius 3 is 2.34 bits per heavy atom. The van der Waals surface area contributed by atoms with Gasteiger partial charge in [0.15, 0.2) is 0 Å². The first kappa shape index (κ1) is 22.2. The van der Waals surface area contributed by atoms with Crippen molar-refractivity contribution in [3.05, 3.63) is 77.9 Å². The maximum absolute atomic E-state index is 12.2. The number of ether oxygens (including phenoxy) is 2. The van der Waals surface area contributed by atoms with Crippen molar-refractivity contribution < 1.29 is 27.5 Å². The Kier molecular flexibility index (Phi) is 7.97. The number of carbonyl (C=O) groups is 2. The number of sulfonamides is 1. The third kappa shape index (κ3) is 7.42. The Bertz CT molecular complexity index is 952. The Hall–Kier alpha value is -3.13. The number of amides is 1. The first-order valence-electron chi connectivity index (χ1n) is 8.99. The molecule has 8 heteroatoms. The molecule has 1 amide bonds. The molecule has 7 nitrogen and oxygen atoms in total. The quantitative estimate of drug-likeness (QED) is 0.521. The van der Waals surface area contributed by atoms with Crippen molar-refractivity contribution >= 4 is 22.1 Å². The van der Waals surface area contributed by atoms with Gasteiger partial charge < -0.3 is 9.47 Å². The standard InChI is InChI=1S/C21H23NO6S/c1-3-18(11-14-20(23)27-15-17-7-5-4-6-8-17)28-21(24)22-29(25,26)19-12-9-16(2)10-13-19/h4-14,18H,3,15H2,1-2H3,(H,22,24)/b14-11+. The van der Waals surface area contributed by atoms with E-state index in [0.29, 0.717) is 6.42 Å². The summed E-state index contributed by atoms with van der Waals surface area (Å²) in [6, 6.07) is 15.2. The smallest absolute Gasteiger partial charge is 0.421 e. The summed E-state index contributed by atoms with van der Waals surface area (Å²) >= 11 is 0. The van der Waals surface area contributed by atoms with Gasteiger partial charge in [-0.25, -0.2) is 22.7 Å². The minimum atomic E-state index is -4.04. The van der Waals surface area contributed by atoms with Crippen molar-refractivity contribution in [2.24, 2.45) is 0 Å². The molecule has 2 rings (SSSR count). The largest absolute Gasteiger partial charge is 0.458 e. The molecule has 0 bridgehead atoms. The molecule has 0 saturated heterocycles. The molecule has 154 valence electrons. The number of carbonyl (C=O) groups excluding carboxylic acids is 2. The number of esters is 1. The molecule has 0 aliphatic carbocycles. The normalized spacial score (nSPS) is 12.3. The summed E-state index contributed by atoms with van der Waals surface area (Å²) in [6.07, 6.45) is 0.942. The van der Waals surface area contributed by atoms with Crippen molar-refractivity contribution in [2.45, 2.75) is 37.9 Å². The fourth-order valence-corrected chi connectivity index (χ4v) is 3.15. The van der Waals surface area contributed by atoms with Crippen molar-refractivity contribution in [2.75, 3.05) is 0 Å². The topological polar surface area (TPSA) is 98.8 Å². The van der Waals surface area contributed by atoms with Crippen LogP contribution in [-0.2, 0) is 30.9 Å². The minimum Gasteiger partial charge on any atom is -0.458 e. The van der Waals surface area contributed by atoms with Gasteiger partial charge in [-0.05, 0) is 37.1 Å². The zero-order valence-electron chi connectivity index (χ0n) is 16.2. The average Bonchev–Trinajstić information content (AvgIpc) is 2.70. The van der Waals surface area contributed by atoms with Gasteiger partial charge in [0.25, 0.3) is 10.0 Å². The highest BCUT2D eigenvalue weighted by molar-refractivity contribution is 7.90. The van der Waals surface area contributed by atoms with Crippen LogP contribution in [0.25, 0.3) is 0 Å². The third-order valence-electron chi connectivity index (χ3n) is 3.88. The second kappa shape index (κ2) is 10.4. The van der Waals surface area contributed by atoms with E-state index in [1.807, 2.05) is 42.0 Å². The van der Waals surface area contributed by atoms with Crippen LogP contribution in [0.15, 0.2) is 71.6 Å². The molecule has 1 atom stereocenters. The predicted octanol–water partition coefficient (Wildman–Crippen LogP) is 3.49. The van der Waals surface area contributed by atoms with Crippen LogP contribution in [0.4, 0.5) is 4.79 Å². The maximum Gasteiger partial charge on any atom is 0.421 e. The summed E-state index contributed by atoms with van der Waals surface area (Å²) in [5.74, 6) is -0.594. The molecular formula is C21H23NO6S. The molecule has 0 aromatic heterocycles. The molecule has 0 saturated carbocycles. The minimum absolute atomic E-state index is 0.0480. The molecule has 0 heterocycles. The summed E-state index contributed by atoms with van der Waals surface area (Å²) in [4.78, 5) is 23.7. The van der Waals surface area contributed by atoms with Gasteiger partial charge in [0.2, 0.25) is 0 Å². The molecule has 1 N–H and O–H groups in total. The zero-order valence-corrected chi connectivity index (χ0v) is 17.0. The lowest BCUT2D eigenvalue weighted by Crippen LogP contribution is -2.33. The van der Waals surface area contributed by atoms with E-state index in [0.717, 1.165) is 17.2 Å². The molecule has 1 unspecified atom stereocenters. The summed E-state index contributed by atoms with van der Waals surface area (Å²) in [5, 5.41) is 0. The van der Waals surface area contributed by atoms with Gasteiger partial charge in [0.05, 0.1) is 4.90 Å². The number of hydrogen-bond donors (Lipinski definition) is 1.